The van der Waals surface area contributed by atoms with E-state index in [4.69, 9.17) is 21.1 Å². The minimum Gasteiger partial charge on any atom is -0.454 e. The number of anilines is 1. The summed E-state index contributed by atoms with van der Waals surface area (Å²) in [4.78, 5) is 4.43. The summed E-state index contributed by atoms with van der Waals surface area (Å²) in [6.45, 7) is 1.18. The second kappa shape index (κ2) is 8.09. The van der Waals surface area contributed by atoms with Crippen LogP contribution in [-0.4, -0.2) is 23.9 Å². The summed E-state index contributed by atoms with van der Waals surface area (Å²) < 4.78 is 10.8. The Bertz CT molecular complexity index is 1020. The molecule has 5 rings (SSSR count). The monoisotopic (exact) mass is 409 g/mol. The van der Waals surface area contributed by atoms with Crippen LogP contribution in [0, 0.1) is 0 Å². The Kier molecular flexibility index (Phi) is 5.17. The third-order valence-electron chi connectivity index (χ3n) is 5.82. The van der Waals surface area contributed by atoms with E-state index in [0.29, 0.717) is 18.9 Å². The normalized spacial score (nSPS) is 20.7. The van der Waals surface area contributed by atoms with Crippen LogP contribution in [0.2, 0.25) is 5.02 Å². The maximum atomic E-state index is 6.10. The highest BCUT2D eigenvalue weighted by atomic mass is 35.5. The molecule has 0 bridgehead atoms. The molecule has 2 heterocycles. The first-order chi connectivity index (χ1) is 14.2. The van der Waals surface area contributed by atoms with Crippen LogP contribution < -0.4 is 20.1 Å². The first-order valence-electron chi connectivity index (χ1n) is 10.2. The Morgan fingerprint density at radius 1 is 0.931 bits per heavy atom. The second-order valence-electron chi connectivity index (χ2n) is 7.78. The van der Waals surface area contributed by atoms with Crippen molar-refractivity contribution in [2.75, 3.05) is 12.1 Å². The molecule has 1 aromatic heterocycles. The van der Waals surface area contributed by atoms with E-state index in [2.05, 4.69) is 33.8 Å². The number of halogens is 1. The number of hydrogen-bond acceptors (Lipinski definition) is 5. The van der Waals surface area contributed by atoms with Gasteiger partial charge in [-0.1, -0.05) is 17.7 Å². The average molecular weight is 410 g/mol. The van der Waals surface area contributed by atoms with Crippen LogP contribution in [-0.2, 0) is 6.54 Å². The SMILES string of the molecule is Clc1ccc2c(N[C@H]3CC[C@@H](NCc4ccc5c(c4)OCO5)CC3)ccnc2c1. The number of pyridine rings is 1. The van der Waals surface area contributed by atoms with Crippen molar-refractivity contribution in [2.24, 2.45) is 0 Å². The molecule has 0 spiro atoms. The van der Waals surface area contributed by atoms with E-state index < -0.39 is 0 Å². The molecule has 2 N–H and O–H groups in total. The summed E-state index contributed by atoms with van der Waals surface area (Å²) in [7, 11) is 0. The summed E-state index contributed by atoms with van der Waals surface area (Å²) >= 11 is 6.10. The first kappa shape index (κ1) is 18.5. The molecule has 150 valence electrons. The van der Waals surface area contributed by atoms with Crippen LogP contribution in [0.3, 0.4) is 0 Å². The van der Waals surface area contributed by atoms with Gasteiger partial charge >= 0.3 is 0 Å². The van der Waals surface area contributed by atoms with Gasteiger partial charge in [0, 0.05) is 40.9 Å². The molecule has 1 saturated carbocycles. The van der Waals surface area contributed by atoms with E-state index in [1.54, 1.807) is 0 Å². The van der Waals surface area contributed by atoms with Gasteiger partial charge in [0.05, 0.1) is 5.52 Å². The van der Waals surface area contributed by atoms with Gasteiger partial charge in [-0.25, -0.2) is 0 Å². The second-order valence-corrected chi connectivity index (χ2v) is 8.22. The zero-order chi connectivity index (χ0) is 19.6. The number of hydrogen-bond donors (Lipinski definition) is 2. The van der Waals surface area contributed by atoms with E-state index in [1.807, 2.05) is 30.5 Å². The van der Waals surface area contributed by atoms with Gasteiger partial charge in [-0.15, -0.1) is 0 Å². The fourth-order valence-corrected chi connectivity index (χ4v) is 4.39. The van der Waals surface area contributed by atoms with Crippen LogP contribution in [0.25, 0.3) is 10.9 Å². The third-order valence-corrected chi connectivity index (χ3v) is 6.06. The zero-order valence-electron chi connectivity index (χ0n) is 16.2. The number of benzene rings is 2. The summed E-state index contributed by atoms with van der Waals surface area (Å²) in [6.07, 6.45) is 6.47. The maximum absolute atomic E-state index is 6.10. The Hall–Kier alpha value is -2.50. The molecule has 0 amide bonds. The average Bonchev–Trinajstić information content (AvgIpc) is 3.21. The summed E-state index contributed by atoms with van der Waals surface area (Å²) in [5, 5.41) is 9.27. The van der Waals surface area contributed by atoms with Gasteiger partial charge in [0.15, 0.2) is 11.5 Å². The van der Waals surface area contributed by atoms with Crippen molar-refractivity contribution in [2.45, 2.75) is 44.3 Å². The van der Waals surface area contributed by atoms with Crippen molar-refractivity contribution in [3.63, 3.8) is 0 Å². The van der Waals surface area contributed by atoms with Gasteiger partial charge in [-0.3, -0.25) is 4.98 Å². The predicted octanol–water partition coefficient (Wildman–Crippen LogP) is 5.13. The number of ether oxygens (including phenoxy) is 2. The molecule has 0 radical (unpaired) electrons. The van der Waals surface area contributed by atoms with Crippen LogP contribution in [0.1, 0.15) is 31.2 Å². The molecule has 29 heavy (non-hydrogen) atoms. The Morgan fingerprint density at radius 2 is 1.76 bits per heavy atom. The van der Waals surface area contributed by atoms with Crippen LogP contribution in [0.4, 0.5) is 5.69 Å². The standard InChI is InChI=1S/C23H24ClN3O2/c24-16-2-7-19-20(9-10-25-21(19)12-16)27-18-5-3-17(4-6-18)26-13-15-1-8-22-23(11-15)29-14-28-22/h1-2,7-12,17-18,26H,3-6,13-14H2,(H,25,27)/t17-,18+. The van der Waals surface area contributed by atoms with Gasteiger partial charge in [-0.05, 0) is 67.6 Å². The largest absolute Gasteiger partial charge is 0.454 e. The smallest absolute Gasteiger partial charge is 0.231 e. The molecule has 0 unspecified atom stereocenters. The van der Waals surface area contributed by atoms with Gasteiger partial charge in [-0.2, -0.15) is 0 Å². The van der Waals surface area contributed by atoms with Gasteiger partial charge < -0.3 is 20.1 Å². The topological polar surface area (TPSA) is 55.4 Å². The van der Waals surface area contributed by atoms with E-state index in [1.165, 1.54) is 5.56 Å². The molecule has 1 aliphatic carbocycles. The Morgan fingerprint density at radius 3 is 2.66 bits per heavy atom. The quantitative estimate of drug-likeness (QED) is 0.611. The molecule has 5 nitrogen and oxygen atoms in total. The van der Waals surface area contributed by atoms with E-state index in [-0.39, 0.29) is 0 Å². The van der Waals surface area contributed by atoms with Gasteiger partial charge in [0.25, 0.3) is 0 Å². The molecule has 1 aliphatic heterocycles. The van der Waals surface area contributed by atoms with Crippen molar-refractivity contribution in [1.82, 2.24) is 10.3 Å². The lowest BCUT2D eigenvalue weighted by molar-refractivity contribution is 0.174. The minimum absolute atomic E-state index is 0.322. The number of nitrogens with one attached hydrogen (secondary N) is 2. The van der Waals surface area contributed by atoms with Crippen LogP contribution in [0.5, 0.6) is 11.5 Å². The van der Waals surface area contributed by atoms with Crippen molar-refractivity contribution >= 4 is 28.2 Å². The lowest BCUT2D eigenvalue weighted by Crippen LogP contribution is -2.36. The minimum atomic E-state index is 0.322. The number of rotatable bonds is 5. The van der Waals surface area contributed by atoms with Crippen LogP contribution in [0.15, 0.2) is 48.7 Å². The molecule has 0 atom stereocenters. The van der Waals surface area contributed by atoms with Crippen molar-refractivity contribution in [3.05, 3.63) is 59.2 Å². The molecular formula is C23H24ClN3O2. The lowest BCUT2D eigenvalue weighted by atomic mass is 9.90. The van der Waals surface area contributed by atoms with Gasteiger partial charge in [0.1, 0.15) is 0 Å². The molecular weight excluding hydrogens is 386 g/mol. The highest BCUT2D eigenvalue weighted by Gasteiger charge is 2.21. The fraction of sp³-hybridized carbons (Fsp3) is 0.348. The molecule has 0 saturated heterocycles. The molecule has 2 aliphatic rings. The number of aromatic nitrogens is 1. The van der Waals surface area contributed by atoms with Crippen molar-refractivity contribution < 1.29 is 9.47 Å². The number of nitrogens with zero attached hydrogens (tertiary/aromatic N) is 1. The van der Waals surface area contributed by atoms with Gasteiger partial charge in [0.2, 0.25) is 6.79 Å². The van der Waals surface area contributed by atoms with Crippen LogP contribution >= 0.6 is 11.6 Å². The summed E-state index contributed by atoms with van der Waals surface area (Å²) in [5.41, 5.74) is 3.31. The number of fused-ring (bicyclic) bond motifs is 2. The first-order valence-corrected chi connectivity index (χ1v) is 10.5. The van der Waals surface area contributed by atoms with Crippen molar-refractivity contribution in [3.8, 4) is 11.5 Å². The summed E-state index contributed by atoms with van der Waals surface area (Å²) in [6, 6.07) is 15.1. The maximum Gasteiger partial charge on any atom is 0.231 e. The molecule has 1 fully saturated rings. The lowest BCUT2D eigenvalue weighted by Gasteiger charge is -2.30. The summed E-state index contributed by atoms with van der Waals surface area (Å²) in [5.74, 6) is 1.69. The molecule has 6 heteroatoms. The fourth-order valence-electron chi connectivity index (χ4n) is 4.22. The Labute approximate surface area is 175 Å². The van der Waals surface area contributed by atoms with E-state index in [9.17, 15) is 0 Å². The third kappa shape index (κ3) is 4.11. The van der Waals surface area contributed by atoms with E-state index >= 15 is 0 Å². The van der Waals surface area contributed by atoms with Crippen molar-refractivity contribution in [1.29, 1.82) is 0 Å². The highest BCUT2D eigenvalue weighted by Crippen LogP contribution is 2.33. The Balaban J connectivity index is 1.15. The molecule has 2 aromatic carbocycles. The highest BCUT2D eigenvalue weighted by molar-refractivity contribution is 6.31. The molecule has 3 aromatic rings. The van der Waals surface area contributed by atoms with E-state index in [0.717, 1.165) is 65.3 Å². The predicted molar refractivity (Wildman–Crippen MR) is 116 cm³/mol. The zero-order valence-corrected chi connectivity index (χ0v) is 16.9.